The van der Waals surface area contributed by atoms with Crippen LogP contribution in [0.15, 0.2) is 47.7 Å². The van der Waals surface area contributed by atoms with Gasteiger partial charge in [0.2, 0.25) is 0 Å². The molecule has 2 aromatic rings. The molecule has 1 aromatic heterocycles. The van der Waals surface area contributed by atoms with Crippen LogP contribution in [-0.4, -0.2) is 53.9 Å². The van der Waals surface area contributed by atoms with Crippen LogP contribution in [0.25, 0.3) is 0 Å². The summed E-state index contributed by atoms with van der Waals surface area (Å²) in [5.74, 6) is 1.68. The van der Waals surface area contributed by atoms with E-state index in [2.05, 4.69) is 56.8 Å². The molecule has 0 spiro atoms. The summed E-state index contributed by atoms with van der Waals surface area (Å²) in [7, 11) is 1.83. The van der Waals surface area contributed by atoms with E-state index in [0.29, 0.717) is 0 Å². The van der Waals surface area contributed by atoms with Crippen LogP contribution in [0.2, 0.25) is 0 Å². The molecule has 6 nitrogen and oxygen atoms in total. The van der Waals surface area contributed by atoms with Crippen molar-refractivity contribution in [2.24, 2.45) is 10.9 Å². The Morgan fingerprint density at radius 1 is 1.22 bits per heavy atom. The molecule has 2 N–H and O–H groups in total. The Bertz CT molecular complexity index is 709. The highest BCUT2D eigenvalue weighted by Gasteiger charge is 2.15. The third kappa shape index (κ3) is 6.10. The number of aliphatic imine (C=N–C) groups is 1. The molecular formula is C21H32N6. The zero-order valence-electron chi connectivity index (χ0n) is 16.6. The normalized spacial score (nSPS) is 18.4. The largest absolute Gasteiger partial charge is 0.355 e. The summed E-state index contributed by atoms with van der Waals surface area (Å²) >= 11 is 0. The van der Waals surface area contributed by atoms with E-state index in [-0.39, 0.29) is 0 Å². The summed E-state index contributed by atoms with van der Waals surface area (Å²) in [5.41, 5.74) is 2.53. The lowest BCUT2D eigenvalue weighted by atomic mass is 10.0. The predicted octanol–water partition coefficient (Wildman–Crippen LogP) is 2.33. The van der Waals surface area contributed by atoms with Gasteiger partial charge in [-0.1, -0.05) is 31.2 Å². The summed E-state index contributed by atoms with van der Waals surface area (Å²) in [5, 5.41) is 11.2. The van der Waals surface area contributed by atoms with Crippen molar-refractivity contribution in [2.75, 3.05) is 33.2 Å². The van der Waals surface area contributed by atoms with Gasteiger partial charge in [0.15, 0.2) is 5.96 Å². The Morgan fingerprint density at radius 3 is 2.81 bits per heavy atom. The molecular weight excluding hydrogens is 336 g/mol. The Hall–Kier alpha value is -2.34. The summed E-state index contributed by atoms with van der Waals surface area (Å²) < 4.78 is 1.95. The predicted molar refractivity (Wildman–Crippen MR) is 111 cm³/mol. The molecule has 146 valence electrons. The molecule has 0 radical (unpaired) electrons. The molecule has 1 unspecified atom stereocenters. The summed E-state index contributed by atoms with van der Waals surface area (Å²) in [6, 6.07) is 10.4. The average Bonchev–Trinajstić information content (AvgIpc) is 3.19. The third-order valence-electron chi connectivity index (χ3n) is 5.14. The monoisotopic (exact) mass is 368 g/mol. The summed E-state index contributed by atoms with van der Waals surface area (Å²) in [4.78, 5) is 6.91. The van der Waals surface area contributed by atoms with Gasteiger partial charge in [0, 0.05) is 45.6 Å². The van der Waals surface area contributed by atoms with Gasteiger partial charge in [-0.15, -0.1) is 0 Å². The second-order valence-corrected chi connectivity index (χ2v) is 7.37. The molecule has 1 aliphatic heterocycles. The highest BCUT2D eigenvalue weighted by molar-refractivity contribution is 5.79. The number of guanidine groups is 1. The van der Waals surface area contributed by atoms with Crippen LogP contribution in [-0.2, 0) is 13.1 Å². The molecule has 0 bridgehead atoms. The molecule has 1 aliphatic rings. The van der Waals surface area contributed by atoms with Crippen molar-refractivity contribution in [3.05, 3.63) is 53.9 Å². The van der Waals surface area contributed by atoms with Crippen LogP contribution in [0, 0.1) is 5.92 Å². The molecule has 1 atom stereocenters. The van der Waals surface area contributed by atoms with Gasteiger partial charge >= 0.3 is 0 Å². The van der Waals surface area contributed by atoms with Crippen molar-refractivity contribution in [1.29, 1.82) is 0 Å². The smallest absolute Gasteiger partial charge is 0.191 e. The van der Waals surface area contributed by atoms with Crippen LogP contribution >= 0.6 is 0 Å². The zero-order chi connectivity index (χ0) is 18.9. The molecule has 0 saturated carbocycles. The van der Waals surface area contributed by atoms with Gasteiger partial charge in [-0.3, -0.25) is 9.67 Å². The van der Waals surface area contributed by atoms with Gasteiger partial charge in [-0.25, -0.2) is 0 Å². The fraction of sp³-hybridized carbons (Fsp3) is 0.524. The second kappa shape index (κ2) is 10.1. The van der Waals surface area contributed by atoms with Gasteiger partial charge in [0.25, 0.3) is 0 Å². The van der Waals surface area contributed by atoms with E-state index in [4.69, 9.17) is 0 Å². The van der Waals surface area contributed by atoms with Gasteiger partial charge in [-0.2, -0.15) is 5.10 Å². The number of piperidine rings is 1. The number of hydrogen-bond acceptors (Lipinski definition) is 3. The minimum absolute atomic E-state index is 0.748. The van der Waals surface area contributed by atoms with Crippen molar-refractivity contribution in [1.82, 2.24) is 25.3 Å². The van der Waals surface area contributed by atoms with Crippen molar-refractivity contribution in [3.63, 3.8) is 0 Å². The Labute approximate surface area is 162 Å². The first-order chi connectivity index (χ1) is 13.2. The minimum Gasteiger partial charge on any atom is -0.355 e. The molecule has 0 aliphatic carbocycles. The van der Waals surface area contributed by atoms with Gasteiger partial charge in [-0.05, 0) is 42.5 Å². The molecule has 1 fully saturated rings. The number of aromatic nitrogens is 2. The molecule has 3 rings (SSSR count). The lowest BCUT2D eigenvalue weighted by molar-refractivity contribution is 0.187. The third-order valence-corrected chi connectivity index (χ3v) is 5.14. The molecule has 2 heterocycles. The Kier molecular flexibility index (Phi) is 7.27. The molecule has 27 heavy (non-hydrogen) atoms. The van der Waals surface area contributed by atoms with Crippen molar-refractivity contribution < 1.29 is 0 Å². The molecule has 6 heteroatoms. The number of nitrogens with zero attached hydrogens (tertiary/aromatic N) is 4. The van der Waals surface area contributed by atoms with E-state index in [9.17, 15) is 0 Å². The lowest BCUT2D eigenvalue weighted by Crippen LogP contribution is -2.43. The van der Waals surface area contributed by atoms with Crippen molar-refractivity contribution >= 4 is 5.96 Å². The number of likely N-dealkylation sites (tertiary alicyclic amines) is 1. The average molecular weight is 369 g/mol. The standard InChI is InChI=1S/C21H32N6/c1-18-7-5-12-26(16-18)14-11-23-21(22-2)24-15-19-8-3-4-9-20(19)17-27-13-6-10-25-27/h3-4,6,8-10,13,18H,5,7,11-12,14-17H2,1-2H3,(H2,22,23,24). The summed E-state index contributed by atoms with van der Waals surface area (Å²) in [6.45, 7) is 8.30. The van der Waals surface area contributed by atoms with Crippen LogP contribution < -0.4 is 10.6 Å². The first kappa shape index (κ1) is 19.4. The van der Waals surface area contributed by atoms with Crippen LogP contribution in [0.5, 0.6) is 0 Å². The van der Waals surface area contributed by atoms with Gasteiger partial charge in [0.1, 0.15) is 0 Å². The zero-order valence-corrected chi connectivity index (χ0v) is 16.6. The van der Waals surface area contributed by atoms with E-state index in [1.54, 1.807) is 0 Å². The molecule has 1 aromatic carbocycles. The second-order valence-electron chi connectivity index (χ2n) is 7.37. The van der Waals surface area contributed by atoms with Crippen LogP contribution in [0.4, 0.5) is 0 Å². The van der Waals surface area contributed by atoms with E-state index in [1.807, 2.05) is 30.2 Å². The van der Waals surface area contributed by atoms with Crippen molar-refractivity contribution in [3.8, 4) is 0 Å². The number of benzene rings is 1. The molecule has 0 amide bonds. The van der Waals surface area contributed by atoms with E-state index >= 15 is 0 Å². The van der Waals surface area contributed by atoms with Gasteiger partial charge < -0.3 is 15.5 Å². The lowest BCUT2D eigenvalue weighted by Gasteiger charge is -2.30. The fourth-order valence-electron chi connectivity index (χ4n) is 3.67. The maximum atomic E-state index is 4.36. The van der Waals surface area contributed by atoms with E-state index in [0.717, 1.165) is 38.1 Å². The maximum absolute atomic E-state index is 4.36. The number of rotatable bonds is 7. The Morgan fingerprint density at radius 2 is 2.07 bits per heavy atom. The van der Waals surface area contributed by atoms with E-state index in [1.165, 1.54) is 37.1 Å². The van der Waals surface area contributed by atoms with Crippen molar-refractivity contribution in [2.45, 2.75) is 32.9 Å². The quantitative estimate of drug-likeness (QED) is 0.582. The highest BCUT2D eigenvalue weighted by Crippen LogP contribution is 2.14. The SMILES string of the molecule is CN=C(NCCN1CCCC(C)C1)NCc1ccccc1Cn1cccn1. The summed E-state index contributed by atoms with van der Waals surface area (Å²) in [6.07, 6.45) is 6.49. The number of hydrogen-bond donors (Lipinski definition) is 2. The first-order valence-corrected chi connectivity index (χ1v) is 9.95. The van der Waals surface area contributed by atoms with Crippen LogP contribution in [0.1, 0.15) is 30.9 Å². The minimum atomic E-state index is 0.748. The molecule has 1 saturated heterocycles. The van der Waals surface area contributed by atoms with E-state index < -0.39 is 0 Å². The van der Waals surface area contributed by atoms with Gasteiger partial charge in [0.05, 0.1) is 6.54 Å². The Balaban J connectivity index is 1.46. The maximum Gasteiger partial charge on any atom is 0.191 e. The number of nitrogens with one attached hydrogen (secondary N) is 2. The first-order valence-electron chi connectivity index (χ1n) is 9.95. The topological polar surface area (TPSA) is 57.5 Å². The highest BCUT2D eigenvalue weighted by atomic mass is 15.3. The van der Waals surface area contributed by atoms with Crippen LogP contribution in [0.3, 0.4) is 0 Å². The fourth-order valence-corrected chi connectivity index (χ4v) is 3.67.